The Morgan fingerprint density at radius 2 is 2.30 bits per heavy atom. The van der Waals surface area contributed by atoms with Crippen LogP contribution in [0.15, 0.2) is 11.8 Å². The first-order valence-electron chi connectivity index (χ1n) is 2.70. The molecule has 0 fully saturated rings. The lowest BCUT2D eigenvalue weighted by Crippen LogP contribution is -2.02. The van der Waals surface area contributed by atoms with Crippen LogP contribution in [-0.4, -0.2) is 23.0 Å². The third-order valence-electron chi connectivity index (χ3n) is 0.893. The molecular formula is C6H9BrO3. The molecule has 0 rings (SSSR count). The van der Waals surface area contributed by atoms with Gasteiger partial charge in [-0.05, 0) is 6.92 Å². The molecule has 1 atom stereocenters. The van der Waals surface area contributed by atoms with Gasteiger partial charge in [-0.1, -0.05) is 15.9 Å². The molecule has 1 N–H and O–H groups in total. The fourth-order valence-electron chi connectivity index (χ4n) is 0.458. The van der Waals surface area contributed by atoms with Crippen molar-refractivity contribution in [3.05, 3.63) is 11.8 Å². The van der Waals surface area contributed by atoms with Crippen LogP contribution in [0.3, 0.4) is 0 Å². The third-order valence-corrected chi connectivity index (χ3v) is 1.34. The van der Waals surface area contributed by atoms with Crippen molar-refractivity contribution in [2.24, 2.45) is 0 Å². The molecule has 0 saturated carbocycles. The van der Waals surface area contributed by atoms with Gasteiger partial charge in [-0.25, -0.2) is 4.79 Å². The average Bonchev–Trinajstić information content (AvgIpc) is 1.81. The summed E-state index contributed by atoms with van der Waals surface area (Å²) in [4.78, 5) is 10.0. The van der Waals surface area contributed by atoms with Crippen LogP contribution in [0.2, 0.25) is 0 Å². The molecule has 10 heavy (non-hydrogen) atoms. The zero-order valence-electron chi connectivity index (χ0n) is 5.80. The van der Waals surface area contributed by atoms with Crippen molar-refractivity contribution in [2.45, 2.75) is 11.8 Å². The summed E-state index contributed by atoms with van der Waals surface area (Å²) in [5.74, 6) is -0.587. The molecule has 0 aliphatic carbocycles. The van der Waals surface area contributed by atoms with Crippen molar-refractivity contribution in [3.63, 3.8) is 0 Å². The van der Waals surface area contributed by atoms with Crippen molar-refractivity contribution in [1.82, 2.24) is 0 Å². The van der Waals surface area contributed by atoms with E-state index < -0.39 is 5.97 Å². The zero-order chi connectivity index (χ0) is 8.15. The van der Waals surface area contributed by atoms with Crippen LogP contribution in [0.5, 0.6) is 0 Å². The number of hydrogen-bond acceptors (Lipinski definition) is 2. The minimum absolute atomic E-state index is 0.0615. The summed E-state index contributed by atoms with van der Waals surface area (Å²) in [7, 11) is 1.44. The highest BCUT2D eigenvalue weighted by Crippen LogP contribution is 2.10. The largest absolute Gasteiger partial charge is 0.500 e. The molecule has 1 unspecified atom stereocenters. The van der Waals surface area contributed by atoms with Gasteiger partial charge in [0.15, 0.2) is 0 Å². The number of carboxylic acids is 1. The number of alkyl halides is 1. The molecule has 0 heterocycles. The number of rotatable bonds is 3. The summed E-state index contributed by atoms with van der Waals surface area (Å²) in [6.07, 6.45) is 1.03. The number of methoxy groups -OCH3 is 1. The minimum atomic E-state index is -0.997. The summed E-state index contributed by atoms with van der Waals surface area (Å²) in [5, 5.41) is 8.29. The van der Waals surface area contributed by atoms with Gasteiger partial charge in [0, 0.05) is 0 Å². The van der Waals surface area contributed by atoms with E-state index in [1.807, 2.05) is 0 Å². The maximum Gasteiger partial charge on any atom is 0.331 e. The highest BCUT2D eigenvalue weighted by molar-refractivity contribution is 9.09. The van der Waals surface area contributed by atoms with Gasteiger partial charge >= 0.3 is 5.97 Å². The molecule has 0 saturated heterocycles. The van der Waals surface area contributed by atoms with E-state index in [-0.39, 0.29) is 4.83 Å². The molecule has 0 aromatic heterocycles. The van der Waals surface area contributed by atoms with Crippen molar-refractivity contribution in [3.8, 4) is 0 Å². The second kappa shape index (κ2) is 4.33. The molecule has 0 aliphatic heterocycles. The standard InChI is InChI=1S/C6H9BrO3/c1-4(7)5(10-2)3-6(8)9/h3-4H,1-2H3,(H,8,9)/b5-3-. The number of aliphatic carboxylic acids is 1. The zero-order valence-corrected chi connectivity index (χ0v) is 7.38. The van der Waals surface area contributed by atoms with Crippen LogP contribution < -0.4 is 0 Å². The Balaban J connectivity index is 4.18. The molecule has 0 bridgehead atoms. The van der Waals surface area contributed by atoms with Gasteiger partial charge in [0.25, 0.3) is 0 Å². The first kappa shape index (κ1) is 9.49. The van der Waals surface area contributed by atoms with E-state index in [2.05, 4.69) is 15.9 Å². The third kappa shape index (κ3) is 3.50. The van der Waals surface area contributed by atoms with Gasteiger partial charge in [0.1, 0.15) is 5.76 Å². The van der Waals surface area contributed by atoms with E-state index in [0.29, 0.717) is 5.76 Å². The molecule has 0 spiro atoms. The second-order valence-electron chi connectivity index (χ2n) is 1.71. The van der Waals surface area contributed by atoms with Crippen molar-refractivity contribution >= 4 is 21.9 Å². The van der Waals surface area contributed by atoms with E-state index in [9.17, 15) is 4.79 Å². The first-order valence-corrected chi connectivity index (χ1v) is 3.62. The van der Waals surface area contributed by atoms with E-state index in [1.165, 1.54) is 7.11 Å². The number of carbonyl (C=O) groups is 1. The van der Waals surface area contributed by atoms with E-state index in [1.54, 1.807) is 6.92 Å². The van der Waals surface area contributed by atoms with Gasteiger partial charge in [0.2, 0.25) is 0 Å². The van der Waals surface area contributed by atoms with Crippen LogP contribution >= 0.6 is 15.9 Å². The quantitative estimate of drug-likeness (QED) is 0.434. The Kier molecular flexibility index (Phi) is 4.11. The molecule has 0 aliphatic rings. The Bertz CT molecular complexity index is 151. The number of hydrogen-bond donors (Lipinski definition) is 1. The number of halogens is 1. The van der Waals surface area contributed by atoms with E-state index in [0.717, 1.165) is 6.08 Å². The fraction of sp³-hybridized carbons (Fsp3) is 0.500. The predicted octanol–water partition coefficient (Wildman–Crippen LogP) is 1.38. The summed E-state index contributed by atoms with van der Waals surface area (Å²) in [6, 6.07) is 0. The molecular weight excluding hydrogens is 200 g/mol. The highest BCUT2D eigenvalue weighted by Gasteiger charge is 2.05. The predicted molar refractivity (Wildman–Crippen MR) is 41.1 cm³/mol. The van der Waals surface area contributed by atoms with Gasteiger partial charge in [0.05, 0.1) is 18.0 Å². The van der Waals surface area contributed by atoms with Gasteiger partial charge in [-0.3, -0.25) is 0 Å². The maximum atomic E-state index is 10.1. The summed E-state index contributed by atoms with van der Waals surface area (Å²) >= 11 is 3.17. The lowest BCUT2D eigenvalue weighted by atomic mass is 10.3. The van der Waals surface area contributed by atoms with Crippen molar-refractivity contribution in [1.29, 1.82) is 0 Å². The molecule has 4 heteroatoms. The van der Waals surface area contributed by atoms with E-state index >= 15 is 0 Å². The van der Waals surface area contributed by atoms with Crippen molar-refractivity contribution in [2.75, 3.05) is 7.11 Å². The number of carboxylic acid groups (broad SMARTS) is 1. The Hall–Kier alpha value is -0.510. The van der Waals surface area contributed by atoms with E-state index in [4.69, 9.17) is 9.84 Å². The molecule has 0 aromatic carbocycles. The highest BCUT2D eigenvalue weighted by atomic mass is 79.9. The van der Waals surface area contributed by atoms with Crippen LogP contribution in [0.4, 0.5) is 0 Å². The maximum absolute atomic E-state index is 10.1. The Morgan fingerprint density at radius 3 is 2.40 bits per heavy atom. The topological polar surface area (TPSA) is 46.5 Å². The SMILES string of the molecule is CO/C(=C\C(=O)O)C(C)Br. The first-order chi connectivity index (χ1) is 4.57. The summed E-state index contributed by atoms with van der Waals surface area (Å²) in [6.45, 7) is 1.79. The molecule has 0 radical (unpaired) electrons. The minimum Gasteiger partial charge on any atom is -0.500 e. The van der Waals surface area contributed by atoms with Crippen LogP contribution in [0, 0.1) is 0 Å². The molecule has 58 valence electrons. The fourth-order valence-corrected chi connectivity index (χ4v) is 0.777. The van der Waals surface area contributed by atoms with Crippen molar-refractivity contribution < 1.29 is 14.6 Å². The number of ether oxygens (including phenoxy) is 1. The summed E-state index contributed by atoms with van der Waals surface area (Å²) < 4.78 is 4.76. The Morgan fingerprint density at radius 1 is 1.80 bits per heavy atom. The number of allylic oxidation sites excluding steroid dienone is 1. The van der Waals surface area contributed by atoms with Gasteiger partial charge in [-0.15, -0.1) is 0 Å². The summed E-state index contributed by atoms with van der Waals surface area (Å²) in [5.41, 5.74) is 0. The monoisotopic (exact) mass is 208 g/mol. The van der Waals surface area contributed by atoms with Crippen LogP contribution in [0.1, 0.15) is 6.92 Å². The van der Waals surface area contributed by atoms with Crippen LogP contribution in [-0.2, 0) is 9.53 Å². The van der Waals surface area contributed by atoms with Gasteiger partial charge < -0.3 is 9.84 Å². The lowest BCUT2D eigenvalue weighted by Gasteiger charge is -2.05. The molecule has 3 nitrogen and oxygen atoms in total. The smallest absolute Gasteiger partial charge is 0.331 e. The lowest BCUT2D eigenvalue weighted by molar-refractivity contribution is -0.131. The molecule has 0 amide bonds. The van der Waals surface area contributed by atoms with Gasteiger partial charge in [-0.2, -0.15) is 0 Å². The normalized spacial score (nSPS) is 14.5. The second-order valence-corrected chi connectivity index (χ2v) is 3.08. The average molecular weight is 209 g/mol. The van der Waals surface area contributed by atoms with Crippen LogP contribution in [0.25, 0.3) is 0 Å². The molecule has 0 aromatic rings. The Labute approximate surface area is 67.8 Å².